The Morgan fingerprint density at radius 1 is 0.794 bits per heavy atom. The van der Waals surface area contributed by atoms with E-state index < -0.39 is 0 Å². The number of hydrogen-bond acceptors (Lipinski definition) is 3. The molecule has 1 aliphatic heterocycles. The molecule has 0 bridgehead atoms. The van der Waals surface area contributed by atoms with Gasteiger partial charge in [-0.25, -0.2) is 8.78 Å². The molecule has 3 aromatic carbocycles. The Balaban J connectivity index is 1.27. The van der Waals surface area contributed by atoms with Gasteiger partial charge in [-0.3, -0.25) is 9.69 Å². The fourth-order valence-corrected chi connectivity index (χ4v) is 5.47. The second kappa shape index (κ2) is 12.1. The lowest BCUT2D eigenvalue weighted by atomic mass is 10.0. The molecule has 0 aliphatic carbocycles. The first-order valence-corrected chi connectivity index (χ1v) is 12.8. The van der Waals surface area contributed by atoms with Crippen LogP contribution in [0.4, 0.5) is 8.78 Å². The van der Waals surface area contributed by atoms with Crippen molar-refractivity contribution in [2.75, 3.05) is 38.5 Å². The van der Waals surface area contributed by atoms with Crippen molar-refractivity contribution in [3.63, 3.8) is 0 Å². The lowest BCUT2D eigenvalue weighted by molar-refractivity contribution is -0.130. The molecular formula is C28H30F2N2OS. The second-order valence-electron chi connectivity index (χ2n) is 8.61. The molecule has 0 unspecified atom stereocenters. The van der Waals surface area contributed by atoms with Gasteiger partial charge in [-0.2, -0.15) is 0 Å². The SMILES string of the molecule is O=C(CSC(c1ccc(F)cc1)c1ccc(F)cc1)N1CCN(CCCc2ccccc2)CC1. The number of benzene rings is 3. The highest BCUT2D eigenvalue weighted by molar-refractivity contribution is 8.00. The van der Waals surface area contributed by atoms with Crippen LogP contribution in [0.3, 0.4) is 0 Å². The van der Waals surface area contributed by atoms with Crippen LogP contribution in [0.5, 0.6) is 0 Å². The molecule has 1 amide bonds. The van der Waals surface area contributed by atoms with E-state index in [-0.39, 0.29) is 22.8 Å². The molecule has 0 saturated carbocycles. The molecule has 1 heterocycles. The predicted octanol–water partition coefficient (Wildman–Crippen LogP) is 5.56. The van der Waals surface area contributed by atoms with Crippen molar-refractivity contribution in [1.29, 1.82) is 0 Å². The molecule has 1 fully saturated rings. The van der Waals surface area contributed by atoms with Gasteiger partial charge in [0.2, 0.25) is 5.91 Å². The summed E-state index contributed by atoms with van der Waals surface area (Å²) >= 11 is 1.50. The topological polar surface area (TPSA) is 23.6 Å². The molecule has 0 aromatic heterocycles. The number of nitrogens with zero attached hydrogens (tertiary/aromatic N) is 2. The summed E-state index contributed by atoms with van der Waals surface area (Å²) in [5.74, 6) is -0.162. The van der Waals surface area contributed by atoms with Crippen molar-refractivity contribution >= 4 is 17.7 Å². The van der Waals surface area contributed by atoms with Crippen LogP contribution in [-0.2, 0) is 11.2 Å². The number of piperazine rings is 1. The van der Waals surface area contributed by atoms with E-state index in [1.165, 1.54) is 41.6 Å². The average Bonchev–Trinajstić information content (AvgIpc) is 2.87. The molecule has 34 heavy (non-hydrogen) atoms. The highest BCUT2D eigenvalue weighted by Crippen LogP contribution is 2.36. The standard InChI is InChI=1S/C28H30F2N2OS/c29-25-12-8-23(9-13-25)28(24-10-14-26(30)15-11-24)34-21-27(33)32-19-17-31(18-20-32)16-4-7-22-5-2-1-3-6-22/h1-3,5-6,8-15,28H,4,7,16-21H2. The molecule has 3 aromatic rings. The number of rotatable bonds is 9. The molecule has 6 heteroatoms. The molecule has 0 spiro atoms. The number of amides is 1. The summed E-state index contributed by atoms with van der Waals surface area (Å²) in [5, 5.41) is -0.163. The smallest absolute Gasteiger partial charge is 0.232 e. The molecule has 4 rings (SSSR count). The lowest BCUT2D eigenvalue weighted by Crippen LogP contribution is -2.49. The maximum Gasteiger partial charge on any atom is 0.232 e. The van der Waals surface area contributed by atoms with Crippen molar-refractivity contribution in [2.45, 2.75) is 18.1 Å². The van der Waals surface area contributed by atoms with Crippen LogP contribution in [0.25, 0.3) is 0 Å². The van der Waals surface area contributed by atoms with Crippen molar-refractivity contribution in [1.82, 2.24) is 9.80 Å². The summed E-state index contributed by atoms with van der Waals surface area (Å²) in [6.07, 6.45) is 2.19. The fourth-order valence-electron chi connectivity index (χ4n) is 4.28. The van der Waals surface area contributed by atoms with E-state index >= 15 is 0 Å². The minimum atomic E-state index is -0.302. The number of hydrogen-bond donors (Lipinski definition) is 0. The predicted molar refractivity (Wildman–Crippen MR) is 135 cm³/mol. The Labute approximate surface area is 204 Å². The van der Waals surface area contributed by atoms with Gasteiger partial charge in [-0.05, 0) is 60.3 Å². The maximum absolute atomic E-state index is 13.4. The summed E-state index contributed by atoms with van der Waals surface area (Å²) in [5.41, 5.74) is 3.16. The first-order valence-electron chi connectivity index (χ1n) is 11.7. The molecule has 0 N–H and O–H groups in total. The molecule has 1 aliphatic rings. The Bertz CT molecular complexity index is 991. The van der Waals surface area contributed by atoms with Gasteiger partial charge in [-0.1, -0.05) is 54.6 Å². The van der Waals surface area contributed by atoms with Crippen LogP contribution in [0.2, 0.25) is 0 Å². The summed E-state index contributed by atoms with van der Waals surface area (Å²) in [4.78, 5) is 17.3. The van der Waals surface area contributed by atoms with Crippen molar-refractivity contribution in [3.05, 3.63) is 107 Å². The highest BCUT2D eigenvalue weighted by Gasteiger charge is 2.23. The Morgan fingerprint density at radius 3 is 1.91 bits per heavy atom. The zero-order chi connectivity index (χ0) is 23.8. The Hall–Kier alpha value is -2.70. The number of halogens is 2. The zero-order valence-corrected chi connectivity index (χ0v) is 20.0. The zero-order valence-electron chi connectivity index (χ0n) is 19.2. The van der Waals surface area contributed by atoms with E-state index in [0.717, 1.165) is 56.7 Å². The lowest BCUT2D eigenvalue weighted by Gasteiger charge is -2.35. The highest BCUT2D eigenvalue weighted by atomic mass is 32.2. The number of thioether (sulfide) groups is 1. The summed E-state index contributed by atoms with van der Waals surface area (Å²) in [7, 11) is 0. The number of carbonyl (C=O) groups excluding carboxylic acids is 1. The monoisotopic (exact) mass is 480 g/mol. The summed E-state index contributed by atoms with van der Waals surface area (Å²) in [6, 6.07) is 23.1. The van der Waals surface area contributed by atoms with Gasteiger partial charge < -0.3 is 4.90 Å². The van der Waals surface area contributed by atoms with Crippen LogP contribution < -0.4 is 0 Å². The van der Waals surface area contributed by atoms with E-state index in [4.69, 9.17) is 0 Å². The molecule has 3 nitrogen and oxygen atoms in total. The third-order valence-electron chi connectivity index (χ3n) is 6.23. The quantitative estimate of drug-likeness (QED) is 0.400. The third-order valence-corrected chi connectivity index (χ3v) is 7.52. The first kappa shape index (κ1) is 24.4. The largest absolute Gasteiger partial charge is 0.339 e. The molecule has 178 valence electrons. The van der Waals surface area contributed by atoms with Gasteiger partial charge in [-0.15, -0.1) is 11.8 Å². The number of carbonyl (C=O) groups is 1. The van der Waals surface area contributed by atoms with Crippen LogP contribution in [0, 0.1) is 11.6 Å². The van der Waals surface area contributed by atoms with Crippen molar-refractivity contribution in [3.8, 4) is 0 Å². The van der Waals surface area contributed by atoms with Crippen LogP contribution in [0.15, 0.2) is 78.9 Å². The van der Waals surface area contributed by atoms with Gasteiger partial charge in [0.15, 0.2) is 0 Å². The molecule has 1 saturated heterocycles. The summed E-state index contributed by atoms with van der Waals surface area (Å²) < 4.78 is 26.9. The van der Waals surface area contributed by atoms with Crippen LogP contribution >= 0.6 is 11.8 Å². The normalized spacial score (nSPS) is 14.5. The Kier molecular flexibility index (Phi) is 8.72. The van der Waals surface area contributed by atoms with Gasteiger partial charge in [0.1, 0.15) is 11.6 Å². The van der Waals surface area contributed by atoms with Gasteiger partial charge >= 0.3 is 0 Å². The second-order valence-corrected chi connectivity index (χ2v) is 9.70. The van der Waals surface area contributed by atoms with E-state index in [1.54, 1.807) is 24.3 Å². The molecule has 0 radical (unpaired) electrons. The average molecular weight is 481 g/mol. The minimum Gasteiger partial charge on any atom is -0.339 e. The first-order chi connectivity index (χ1) is 16.6. The maximum atomic E-state index is 13.4. The van der Waals surface area contributed by atoms with Gasteiger partial charge in [0.05, 0.1) is 11.0 Å². The summed E-state index contributed by atoms with van der Waals surface area (Å²) in [6.45, 7) is 4.31. The minimum absolute atomic E-state index is 0.114. The third kappa shape index (κ3) is 6.90. The van der Waals surface area contributed by atoms with Gasteiger partial charge in [0.25, 0.3) is 0 Å². The Morgan fingerprint density at radius 2 is 1.35 bits per heavy atom. The van der Waals surface area contributed by atoms with Crippen LogP contribution in [-0.4, -0.2) is 54.2 Å². The van der Waals surface area contributed by atoms with Crippen molar-refractivity contribution in [2.24, 2.45) is 0 Å². The van der Waals surface area contributed by atoms with Crippen molar-refractivity contribution < 1.29 is 13.6 Å². The van der Waals surface area contributed by atoms with E-state index in [1.807, 2.05) is 11.0 Å². The molecular weight excluding hydrogens is 450 g/mol. The van der Waals surface area contributed by atoms with E-state index in [2.05, 4.69) is 29.2 Å². The fraction of sp³-hybridized carbons (Fsp3) is 0.321. The van der Waals surface area contributed by atoms with Gasteiger partial charge in [0, 0.05) is 26.2 Å². The van der Waals surface area contributed by atoms with Crippen LogP contribution in [0.1, 0.15) is 28.4 Å². The van der Waals surface area contributed by atoms with E-state index in [0.29, 0.717) is 5.75 Å². The molecule has 0 atom stereocenters. The number of aryl methyl sites for hydroxylation is 1. The van der Waals surface area contributed by atoms with E-state index in [9.17, 15) is 13.6 Å².